The highest BCUT2D eigenvalue weighted by molar-refractivity contribution is 6.12. The summed E-state index contributed by atoms with van der Waals surface area (Å²) in [6, 6.07) is 36.0. The average Bonchev–Trinajstić information content (AvgIpc) is 3.68. The Hall–Kier alpha value is -6.63. The number of anilines is 1. The van der Waals surface area contributed by atoms with Crippen molar-refractivity contribution in [2.45, 2.75) is 29.6 Å². The Balaban J connectivity index is 1.39. The van der Waals surface area contributed by atoms with E-state index in [0.717, 1.165) is 16.7 Å². The van der Waals surface area contributed by atoms with E-state index in [9.17, 15) is 14.7 Å². The minimum absolute atomic E-state index is 0.0369. The molecule has 9 heteroatoms. The van der Waals surface area contributed by atoms with Crippen LogP contribution < -0.4 is 15.4 Å². The molecule has 0 unspecified atom stereocenters. The third-order valence-corrected chi connectivity index (χ3v) is 10.7. The summed E-state index contributed by atoms with van der Waals surface area (Å²) >= 11 is 0. The van der Waals surface area contributed by atoms with E-state index < -0.39 is 53.3 Å². The van der Waals surface area contributed by atoms with E-state index in [-0.39, 0.29) is 12.3 Å². The van der Waals surface area contributed by atoms with Gasteiger partial charge in [-0.25, -0.2) is 0 Å². The summed E-state index contributed by atoms with van der Waals surface area (Å²) in [5.41, 5.74) is 3.03. The lowest BCUT2D eigenvalue weighted by Gasteiger charge is -2.46. The van der Waals surface area contributed by atoms with Crippen molar-refractivity contribution in [1.29, 1.82) is 0 Å². The van der Waals surface area contributed by atoms with E-state index in [0.29, 0.717) is 28.1 Å². The molecule has 3 aliphatic rings. The molecule has 268 valence electrons. The first-order valence-electron chi connectivity index (χ1n) is 17.7. The van der Waals surface area contributed by atoms with Crippen LogP contribution in [0.4, 0.5) is 5.69 Å². The Morgan fingerprint density at radius 2 is 1.52 bits per heavy atom. The van der Waals surface area contributed by atoms with Gasteiger partial charge in [-0.05, 0) is 76.9 Å². The maximum atomic E-state index is 15.1. The Bertz CT molecular complexity index is 2300. The molecule has 0 aromatic heterocycles. The molecule has 54 heavy (non-hydrogen) atoms. The number of carbonyl (C=O) groups is 3. The lowest BCUT2D eigenvalue weighted by Crippen LogP contribution is -2.54. The van der Waals surface area contributed by atoms with Gasteiger partial charge in [-0.15, -0.1) is 6.58 Å². The number of morpholine rings is 1. The molecule has 9 nitrogen and oxygen atoms in total. The number of phenolic OH excluding ortho intramolecular Hbond substituents is 1. The number of nitrogens with one attached hydrogen (secondary N) is 2. The number of carbonyl (C=O) groups excluding carboxylic acids is 3. The highest BCUT2D eigenvalue weighted by atomic mass is 16.6. The lowest BCUT2D eigenvalue weighted by molar-refractivity contribution is -0.178. The summed E-state index contributed by atoms with van der Waals surface area (Å²) in [4.78, 5) is 46.6. The number of ether oxygens (including phenoxy) is 2. The van der Waals surface area contributed by atoms with E-state index in [1.807, 2.05) is 102 Å². The molecule has 2 saturated heterocycles. The molecular weight excluding hydrogens is 679 g/mol. The average molecular weight is 716 g/mol. The van der Waals surface area contributed by atoms with Gasteiger partial charge in [0.15, 0.2) is 0 Å². The number of rotatable bonds is 7. The van der Waals surface area contributed by atoms with Gasteiger partial charge in [0.1, 0.15) is 29.1 Å². The number of esters is 1. The maximum absolute atomic E-state index is 15.1. The molecular formula is C45H37N3O6. The molecule has 0 saturated carbocycles. The Morgan fingerprint density at radius 1 is 0.870 bits per heavy atom. The fourth-order valence-electron chi connectivity index (χ4n) is 8.43. The molecule has 2 fully saturated rings. The lowest BCUT2D eigenvalue weighted by atomic mass is 9.65. The highest BCUT2D eigenvalue weighted by Crippen LogP contribution is 2.64. The minimum atomic E-state index is -1.66. The molecule has 6 atom stereocenters. The van der Waals surface area contributed by atoms with Gasteiger partial charge in [-0.3, -0.25) is 19.3 Å². The topological polar surface area (TPSA) is 117 Å². The van der Waals surface area contributed by atoms with Gasteiger partial charge in [0.2, 0.25) is 11.8 Å². The third-order valence-electron chi connectivity index (χ3n) is 10.7. The number of nitrogens with zero attached hydrogens (tertiary/aromatic N) is 1. The molecule has 0 aliphatic carbocycles. The number of amides is 2. The van der Waals surface area contributed by atoms with Crippen LogP contribution >= 0.6 is 0 Å². The predicted molar refractivity (Wildman–Crippen MR) is 203 cm³/mol. The molecule has 5 aromatic rings. The molecule has 8 rings (SSSR count). The van der Waals surface area contributed by atoms with Crippen LogP contribution in [0.5, 0.6) is 11.5 Å². The van der Waals surface area contributed by atoms with Crippen molar-refractivity contribution in [3.8, 4) is 23.3 Å². The van der Waals surface area contributed by atoms with Crippen molar-refractivity contribution in [3.05, 3.63) is 173 Å². The van der Waals surface area contributed by atoms with Crippen LogP contribution in [0.2, 0.25) is 0 Å². The number of benzene rings is 5. The zero-order valence-corrected chi connectivity index (χ0v) is 29.4. The van der Waals surface area contributed by atoms with E-state index in [4.69, 9.17) is 9.47 Å². The normalized spacial score (nSPS) is 24.0. The van der Waals surface area contributed by atoms with Crippen molar-refractivity contribution < 1.29 is 29.0 Å². The Kier molecular flexibility index (Phi) is 8.98. The standard InChI is InChI=1S/C45H37N3O6/c1-3-26-46-42(50)37-39-43(51)54-40(31-12-8-5-9-13-31)38(30-10-6-4-7-11-30)48(39)41(32-19-21-33(49)22-20-32)45(37)35-27-29(18-25-36(35)47-44(45)52)15-14-28-16-23-34(53-2)24-17-28/h3-13,16-25,27,37-41,49H,1,26H2,2H3,(H,46,50)(H,47,52)/t37-,38-,39-,40+,41+,45-/m1/s1. The van der Waals surface area contributed by atoms with Crippen molar-refractivity contribution in [2.24, 2.45) is 5.92 Å². The van der Waals surface area contributed by atoms with E-state index >= 15 is 4.79 Å². The van der Waals surface area contributed by atoms with Gasteiger partial charge < -0.3 is 25.2 Å². The van der Waals surface area contributed by atoms with Gasteiger partial charge in [0.05, 0.1) is 25.1 Å². The van der Waals surface area contributed by atoms with Crippen LogP contribution in [0.3, 0.4) is 0 Å². The molecule has 2 amide bonds. The van der Waals surface area contributed by atoms with Gasteiger partial charge in [0, 0.05) is 23.4 Å². The second-order valence-electron chi connectivity index (χ2n) is 13.6. The van der Waals surface area contributed by atoms with Crippen molar-refractivity contribution in [3.63, 3.8) is 0 Å². The predicted octanol–water partition coefficient (Wildman–Crippen LogP) is 6.37. The Labute approximate surface area is 313 Å². The van der Waals surface area contributed by atoms with Crippen LogP contribution in [0.25, 0.3) is 0 Å². The number of fused-ring (bicyclic) bond motifs is 3. The second kappa shape index (κ2) is 14.1. The minimum Gasteiger partial charge on any atom is -0.508 e. The zero-order chi connectivity index (χ0) is 37.4. The molecule has 3 aliphatic heterocycles. The smallest absolute Gasteiger partial charge is 0.324 e. The number of cyclic esters (lactones) is 1. The van der Waals surface area contributed by atoms with Gasteiger partial charge in [-0.1, -0.05) is 90.7 Å². The largest absolute Gasteiger partial charge is 0.508 e. The fourth-order valence-corrected chi connectivity index (χ4v) is 8.43. The molecule has 0 radical (unpaired) electrons. The Morgan fingerprint density at radius 3 is 2.19 bits per heavy atom. The second-order valence-corrected chi connectivity index (χ2v) is 13.6. The van der Waals surface area contributed by atoms with E-state index in [2.05, 4.69) is 29.1 Å². The monoisotopic (exact) mass is 715 g/mol. The van der Waals surface area contributed by atoms with Crippen LogP contribution in [0.15, 0.2) is 140 Å². The summed E-state index contributed by atoms with van der Waals surface area (Å²) in [7, 11) is 1.60. The van der Waals surface area contributed by atoms with Crippen molar-refractivity contribution in [2.75, 3.05) is 19.0 Å². The zero-order valence-electron chi connectivity index (χ0n) is 29.4. The fraction of sp³-hybridized carbons (Fsp3) is 0.178. The van der Waals surface area contributed by atoms with Crippen LogP contribution in [0.1, 0.15) is 51.6 Å². The van der Waals surface area contributed by atoms with Gasteiger partial charge in [0.25, 0.3) is 0 Å². The van der Waals surface area contributed by atoms with Crippen molar-refractivity contribution in [1.82, 2.24) is 10.2 Å². The van der Waals surface area contributed by atoms with E-state index in [1.165, 1.54) is 0 Å². The maximum Gasteiger partial charge on any atom is 0.324 e. The number of hydrogen-bond donors (Lipinski definition) is 3. The highest BCUT2D eigenvalue weighted by Gasteiger charge is 2.74. The number of hydrogen-bond acceptors (Lipinski definition) is 7. The summed E-state index contributed by atoms with van der Waals surface area (Å²) in [5, 5.41) is 16.5. The summed E-state index contributed by atoms with van der Waals surface area (Å²) in [6.45, 7) is 3.91. The van der Waals surface area contributed by atoms with Crippen LogP contribution in [-0.4, -0.2) is 47.5 Å². The van der Waals surface area contributed by atoms with Crippen LogP contribution in [0, 0.1) is 17.8 Å². The number of phenols is 1. The van der Waals surface area contributed by atoms with Gasteiger partial charge >= 0.3 is 5.97 Å². The van der Waals surface area contributed by atoms with Gasteiger partial charge in [-0.2, -0.15) is 0 Å². The molecule has 1 spiro atoms. The van der Waals surface area contributed by atoms with Crippen LogP contribution in [-0.2, 0) is 24.5 Å². The summed E-state index contributed by atoms with van der Waals surface area (Å²) in [5.74, 6) is 4.40. The summed E-state index contributed by atoms with van der Waals surface area (Å²) in [6.07, 6.45) is 0.774. The third kappa shape index (κ3) is 5.68. The summed E-state index contributed by atoms with van der Waals surface area (Å²) < 4.78 is 11.7. The molecule has 3 heterocycles. The quantitative estimate of drug-likeness (QED) is 0.102. The number of aromatic hydroxyl groups is 1. The van der Waals surface area contributed by atoms with Crippen molar-refractivity contribution >= 4 is 23.5 Å². The first-order valence-corrected chi connectivity index (χ1v) is 17.7. The van der Waals surface area contributed by atoms with E-state index in [1.54, 1.807) is 43.5 Å². The molecule has 3 N–H and O–H groups in total. The molecule has 0 bridgehead atoms. The first-order chi connectivity index (χ1) is 26.3. The first kappa shape index (κ1) is 34.5. The number of methoxy groups -OCH3 is 1. The molecule has 5 aromatic carbocycles. The SMILES string of the molecule is C=CCNC(=O)[C@H]1[C@@H]2C(=O)O[C@@H](c3ccccc3)[C@@H](c3ccccc3)N2[C@@H](c2ccc(O)cc2)[C@]12C(=O)Nc1ccc(C#Cc3ccc(OC)cc3)cc12.